The van der Waals surface area contributed by atoms with Crippen molar-refractivity contribution in [1.82, 2.24) is 0 Å². The van der Waals surface area contributed by atoms with Crippen molar-refractivity contribution in [2.45, 2.75) is 57.2 Å². The number of hydrogen-bond acceptors (Lipinski definition) is 4. The van der Waals surface area contributed by atoms with Gasteiger partial charge in [0.2, 0.25) is 0 Å². The Balaban J connectivity index is 1.53. The molecule has 2 atom stereocenters. The van der Waals surface area contributed by atoms with Gasteiger partial charge in [-0.05, 0) is 73.3 Å². The Morgan fingerprint density at radius 3 is 2.25 bits per heavy atom. The number of nitrogens with two attached hydrogens (primary N) is 1. The van der Waals surface area contributed by atoms with E-state index in [1.54, 1.807) is 6.07 Å². The molecule has 0 amide bonds. The van der Waals surface area contributed by atoms with Crippen LogP contribution >= 0.6 is 0 Å². The fraction of sp³-hybridized carbons (Fsp3) is 0.700. The number of ether oxygens (including phenoxy) is 1. The van der Waals surface area contributed by atoms with Gasteiger partial charge in [0, 0.05) is 18.5 Å². The Kier molecular flexibility index (Phi) is 3.21. The molecular formula is C20H27NO3. The lowest BCUT2D eigenvalue weighted by Gasteiger charge is -2.60. The third kappa shape index (κ3) is 2.05. The second-order valence-corrected chi connectivity index (χ2v) is 8.83. The van der Waals surface area contributed by atoms with Gasteiger partial charge < -0.3 is 20.7 Å². The summed E-state index contributed by atoms with van der Waals surface area (Å²) in [4.78, 5) is 0. The van der Waals surface area contributed by atoms with E-state index >= 15 is 0 Å². The molecule has 130 valence electrons. The topological polar surface area (TPSA) is 75.7 Å². The highest BCUT2D eigenvalue weighted by Crippen LogP contribution is 2.63. The summed E-state index contributed by atoms with van der Waals surface area (Å²) in [6.45, 7) is 0.417. The van der Waals surface area contributed by atoms with Gasteiger partial charge in [0.05, 0.1) is 12.2 Å². The standard InChI is InChI=1S/C20H27NO3/c21-10-17-14-1-2-16(22)19(23)15(14)6-18(24-17)20-7-11-3-12(8-20)5-13(4-11)9-20/h1-2,11-13,17-18,22-23H,3-10,21H2/t11-,12-,13?,17?,18?,20-/m0/s1. The van der Waals surface area contributed by atoms with Crippen molar-refractivity contribution in [3.63, 3.8) is 0 Å². The summed E-state index contributed by atoms with van der Waals surface area (Å²) in [6.07, 6.45) is 8.72. The molecule has 4 N–H and O–H groups in total. The number of benzene rings is 1. The molecular weight excluding hydrogens is 302 g/mol. The summed E-state index contributed by atoms with van der Waals surface area (Å²) in [5.74, 6) is 2.61. The molecule has 0 radical (unpaired) electrons. The first-order valence-electron chi connectivity index (χ1n) is 9.47. The van der Waals surface area contributed by atoms with Crippen LogP contribution in [-0.2, 0) is 11.2 Å². The first-order chi connectivity index (χ1) is 11.6. The van der Waals surface area contributed by atoms with Crippen molar-refractivity contribution in [3.8, 4) is 11.5 Å². The minimum Gasteiger partial charge on any atom is -0.504 e. The van der Waals surface area contributed by atoms with Crippen molar-refractivity contribution in [1.29, 1.82) is 0 Å². The average Bonchev–Trinajstić information content (AvgIpc) is 2.56. The molecule has 4 nitrogen and oxygen atoms in total. The van der Waals surface area contributed by atoms with Crippen LogP contribution in [0.1, 0.15) is 55.8 Å². The second-order valence-electron chi connectivity index (χ2n) is 8.83. The van der Waals surface area contributed by atoms with Gasteiger partial charge in [0.15, 0.2) is 11.5 Å². The first-order valence-corrected chi connectivity index (χ1v) is 9.47. The molecule has 0 aromatic heterocycles. The summed E-state index contributed by atoms with van der Waals surface area (Å²) in [6, 6.07) is 3.41. The van der Waals surface area contributed by atoms with Gasteiger partial charge in [0.25, 0.3) is 0 Å². The molecule has 5 aliphatic rings. The fourth-order valence-corrected chi connectivity index (χ4v) is 6.78. The van der Waals surface area contributed by atoms with Crippen LogP contribution in [0.4, 0.5) is 0 Å². The summed E-state index contributed by atoms with van der Waals surface area (Å²) in [7, 11) is 0. The Bertz CT molecular complexity index is 636. The smallest absolute Gasteiger partial charge is 0.161 e. The number of aromatic hydroxyl groups is 2. The van der Waals surface area contributed by atoms with Gasteiger partial charge in [-0.1, -0.05) is 6.07 Å². The van der Waals surface area contributed by atoms with E-state index in [1.807, 2.05) is 6.07 Å². The average molecular weight is 329 g/mol. The van der Waals surface area contributed by atoms with Crippen LogP contribution < -0.4 is 5.73 Å². The van der Waals surface area contributed by atoms with Crippen molar-refractivity contribution >= 4 is 0 Å². The van der Waals surface area contributed by atoms with E-state index in [9.17, 15) is 10.2 Å². The molecule has 24 heavy (non-hydrogen) atoms. The van der Waals surface area contributed by atoms with Crippen molar-refractivity contribution in [3.05, 3.63) is 23.3 Å². The zero-order chi connectivity index (χ0) is 16.5. The molecule has 1 aromatic carbocycles. The maximum Gasteiger partial charge on any atom is 0.161 e. The second kappa shape index (κ2) is 5.12. The SMILES string of the molecule is NCC1OC([C@]23CC4C[C@H](C[C@@H](C4)C2)C3)Cc2c1ccc(O)c2O. The highest BCUT2D eigenvalue weighted by atomic mass is 16.5. The number of fused-ring (bicyclic) bond motifs is 1. The quantitative estimate of drug-likeness (QED) is 0.728. The molecule has 4 heteroatoms. The maximum atomic E-state index is 10.4. The van der Waals surface area contributed by atoms with Crippen LogP contribution in [0.15, 0.2) is 12.1 Å². The number of hydrogen-bond donors (Lipinski definition) is 3. The first kappa shape index (κ1) is 15.0. The lowest BCUT2D eigenvalue weighted by molar-refractivity contribution is -0.165. The number of phenolic OH excluding ortho intramolecular Hbond substituents is 2. The summed E-state index contributed by atoms with van der Waals surface area (Å²) in [5, 5.41) is 20.3. The zero-order valence-corrected chi connectivity index (χ0v) is 14.1. The molecule has 6 rings (SSSR count). The fourth-order valence-electron chi connectivity index (χ4n) is 6.78. The minimum atomic E-state index is -0.168. The van der Waals surface area contributed by atoms with Gasteiger partial charge in [0.1, 0.15) is 0 Å². The summed E-state index contributed by atoms with van der Waals surface area (Å²) >= 11 is 0. The van der Waals surface area contributed by atoms with Crippen LogP contribution in [0.25, 0.3) is 0 Å². The Labute approximate surface area is 143 Å². The van der Waals surface area contributed by atoms with Crippen LogP contribution in [0.2, 0.25) is 0 Å². The number of phenols is 2. The normalized spacial score (nSPS) is 43.0. The van der Waals surface area contributed by atoms with Gasteiger partial charge in [-0.2, -0.15) is 0 Å². The molecule has 2 unspecified atom stereocenters. The summed E-state index contributed by atoms with van der Waals surface area (Å²) in [5.41, 5.74) is 8.06. The Morgan fingerprint density at radius 2 is 1.67 bits per heavy atom. The van der Waals surface area contributed by atoms with E-state index in [1.165, 1.54) is 38.5 Å². The van der Waals surface area contributed by atoms with Crippen molar-refractivity contribution in [2.75, 3.05) is 6.54 Å². The zero-order valence-electron chi connectivity index (χ0n) is 14.1. The monoisotopic (exact) mass is 329 g/mol. The molecule has 4 saturated carbocycles. The predicted molar refractivity (Wildman–Crippen MR) is 90.7 cm³/mol. The highest BCUT2D eigenvalue weighted by Gasteiger charge is 2.55. The van der Waals surface area contributed by atoms with E-state index in [2.05, 4.69) is 0 Å². The van der Waals surface area contributed by atoms with E-state index in [0.717, 1.165) is 28.9 Å². The summed E-state index contributed by atoms with van der Waals surface area (Å²) < 4.78 is 6.52. The van der Waals surface area contributed by atoms with Crippen molar-refractivity contribution < 1.29 is 14.9 Å². The molecule has 0 spiro atoms. The molecule has 1 aromatic rings. The van der Waals surface area contributed by atoms with E-state index in [-0.39, 0.29) is 29.1 Å². The highest BCUT2D eigenvalue weighted by molar-refractivity contribution is 5.51. The largest absolute Gasteiger partial charge is 0.504 e. The van der Waals surface area contributed by atoms with E-state index < -0.39 is 0 Å². The molecule has 4 bridgehead atoms. The maximum absolute atomic E-state index is 10.4. The van der Waals surface area contributed by atoms with Crippen LogP contribution in [-0.4, -0.2) is 22.9 Å². The van der Waals surface area contributed by atoms with Crippen LogP contribution in [0, 0.1) is 23.2 Å². The molecule has 4 fully saturated rings. The predicted octanol–water partition coefficient (Wildman–Crippen LogP) is 3.26. The molecule has 1 aliphatic heterocycles. The van der Waals surface area contributed by atoms with Gasteiger partial charge in [-0.3, -0.25) is 0 Å². The minimum absolute atomic E-state index is 0.0315. The van der Waals surface area contributed by atoms with Gasteiger partial charge in [-0.15, -0.1) is 0 Å². The lowest BCUT2D eigenvalue weighted by Crippen LogP contribution is -2.54. The molecule has 0 saturated heterocycles. The molecule has 4 aliphatic carbocycles. The Morgan fingerprint density at radius 1 is 1.04 bits per heavy atom. The Hall–Kier alpha value is -1.26. The van der Waals surface area contributed by atoms with Crippen LogP contribution in [0.3, 0.4) is 0 Å². The molecule has 1 heterocycles. The number of rotatable bonds is 2. The van der Waals surface area contributed by atoms with E-state index in [4.69, 9.17) is 10.5 Å². The van der Waals surface area contributed by atoms with Gasteiger partial charge >= 0.3 is 0 Å². The van der Waals surface area contributed by atoms with Crippen LogP contribution in [0.5, 0.6) is 11.5 Å². The van der Waals surface area contributed by atoms with Crippen molar-refractivity contribution in [2.24, 2.45) is 28.9 Å². The third-order valence-corrected chi connectivity index (χ3v) is 7.35. The van der Waals surface area contributed by atoms with E-state index in [0.29, 0.717) is 13.0 Å². The third-order valence-electron chi connectivity index (χ3n) is 7.35. The van der Waals surface area contributed by atoms with Gasteiger partial charge in [-0.25, -0.2) is 0 Å². The lowest BCUT2D eigenvalue weighted by atomic mass is 9.47.